The Balaban J connectivity index is 2.54. The van der Waals surface area contributed by atoms with Gasteiger partial charge in [0.05, 0.1) is 5.41 Å². The third kappa shape index (κ3) is 3.83. The van der Waals surface area contributed by atoms with Gasteiger partial charge in [0.25, 0.3) is 0 Å². The van der Waals surface area contributed by atoms with E-state index in [-0.39, 0.29) is 12.1 Å². The highest BCUT2D eigenvalue weighted by atomic mass is 16.4. The first-order valence-corrected chi connectivity index (χ1v) is 6.67. The maximum atomic E-state index is 12.0. The van der Waals surface area contributed by atoms with Crippen LogP contribution in [0, 0.1) is 5.41 Å². The van der Waals surface area contributed by atoms with Crippen LogP contribution < -0.4 is 5.32 Å². The molecule has 2 atom stereocenters. The number of carbonyl (C=O) groups excluding carboxylic acids is 1. The van der Waals surface area contributed by atoms with E-state index in [1.54, 1.807) is 18.9 Å². The molecule has 110 valence electrons. The fourth-order valence-electron chi connectivity index (χ4n) is 2.36. The predicted molar refractivity (Wildman–Crippen MR) is 73.1 cm³/mol. The molecule has 1 saturated carbocycles. The summed E-state index contributed by atoms with van der Waals surface area (Å²) in [6.45, 7) is 3.12. The van der Waals surface area contributed by atoms with Gasteiger partial charge in [-0.15, -0.1) is 0 Å². The summed E-state index contributed by atoms with van der Waals surface area (Å²) in [7, 11) is 5.63. The van der Waals surface area contributed by atoms with Crippen molar-refractivity contribution in [3.63, 3.8) is 0 Å². The van der Waals surface area contributed by atoms with E-state index in [0.29, 0.717) is 13.0 Å². The number of nitrogens with zero attached hydrogens (tertiary/aromatic N) is 2. The van der Waals surface area contributed by atoms with Gasteiger partial charge >= 0.3 is 12.0 Å². The highest BCUT2D eigenvalue weighted by Gasteiger charge is 2.46. The van der Waals surface area contributed by atoms with Crippen LogP contribution in [0.15, 0.2) is 0 Å². The molecule has 1 aliphatic rings. The molecule has 2 amide bonds. The number of rotatable bonds is 5. The van der Waals surface area contributed by atoms with Crippen LogP contribution in [-0.2, 0) is 4.79 Å². The van der Waals surface area contributed by atoms with Gasteiger partial charge in [-0.05, 0) is 33.9 Å². The van der Waals surface area contributed by atoms with Crippen LogP contribution in [0.1, 0.15) is 26.2 Å². The normalized spacial score (nSPS) is 26.5. The minimum Gasteiger partial charge on any atom is -0.481 e. The quantitative estimate of drug-likeness (QED) is 0.777. The molecule has 0 spiro atoms. The number of nitrogens with one attached hydrogen (secondary N) is 1. The molecule has 0 aliphatic heterocycles. The van der Waals surface area contributed by atoms with E-state index < -0.39 is 11.4 Å². The van der Waals surface area contributed by atoms with Gasteiger partial charge in [0.2, 0.25) is 0 Å². The largest absolute Gasteiger partial charge is 0.481 e. The Bertz CT molecular complexity index is 346. The zero-order chi connectivity index (χ0) is 14.6. The lowest BCUT2D eigenvalue weighted by Gasteiger charge is -2.30. The van der Waals surface area contributed by atoms with Gasteiger partial charge in [-0.3, -0.25) is 4.79 Å². The van der Waals surface area contributed by atoms with Crippen molar-refractivity contribution < 1.29 is 14.7 Å². The third-order valence-corrected chi connectivity index (χ3v) is 3.97. The zero-order valence-electron chi connectivity index (χ0n) is 12.3. The van der Waals surface area contributed by atoms with E-state index in [0.717, 1.165) is 19.4 Å². The molecule has 0 aromatic heterocycles. The van der Waals surface area contributed by atoms with Crippen molar-refractivity contribution in [3.8, 4) is 0 Å². The Labute approximate surface area is 114 Å². The molecule has 0 bridgehead atoms. The predicted octanol–water partition coefficient (Wildman–Crippen LogP) is 0.833. The van der Waals surface area contributed by atoms with Crippen LogP contribution in [0.5, 0.6) is 0 Å². The van der Waals surface area contributed by atoms with Gasteiger partial charge in [0, 0.05) is 26.2 Å². The van der Waals surface area contributed by atoms with Crippen LogP contribution in [0.3, 0.4) is 0 Å². The average molecular weight is 271 g/mol. The summed E-state index contributed by atoms with van der Waals surface area (Å²) < 4.78 is 0. The van der Waals surface area contributed by atoms with Crippen LogP contribution in [-0.4, -0.2) is 67.2 Å². The van der Waals surface area contributed by atoms with Gasteiger partial charge in [-0.1, -0.05) is 6.42 Å². The van der Waals surface area contributed by atoms with E-state index in [1.165, 1.54) is 0 Å². The van der Waals surface area contributed by atoms with Crippen molar-refractivity contribution in [1.82, 2.24) is 15.1 Å². The number of hydrogen-bond acceptors (Lipinski definition) is 3. The Morgan fingerprint density at radius 3 is 2.47 bits per heavy atom. The molecule has 6 nitrogen and oxygen atoms in total. The van der Waals surface area contributed by atoms with Crippen LogP contribution in [0.4, 0.5) is 4.79 Å². The van der Waals surface area contributed by atoms with Gasteiger partial charge in [0.15, 0.2) is 0 Å². The van der Waals surface area contributed by atoms with E-state index in [4.69, 9.17) is 0 Å². The number of aliphatic carboxylic acids is 1. The maximum absolute atomic E-state index is 12.0. The summed E-state index contributed by atoms with van der Waals surface area (Å²) >= 11 is 0. The molecule has 0 aromatic rings. The van der Waals surface area contributed by atoms with Crippen molar-refractivity contribution in [3.05, 3.63) is 0 Å². The summed E-state index contributed by atoms with van der Waals surface area (Å²) in [4.78, 5) is 27.0. The van der Waals surface area contributed by atoms with Crippen molar-refractivity contribution in [2.24, 2.45) is 5.41 Å². The van der Waals surface area contributed by atoms with E-state index in [2.05, 4.69) is 5.32 Å². The molecule has 6 heteroatoms. The van der Waals surface area contributed by atoms with E-state index >= 15 is 0 Å². The van der Waals surface area contributed by atoms with Crippen molar-refractivity contribution in [1.29, 1.82) is 0 Å². The molecule has 0 radical (unpaired) electrons. The standard InChI is InChI=1S/C13H25N3O3/c1-13(11(17)18)7-5-6-10(13)14-12(19)16(4)9-8-15(2)3/h10H,5-9H2,1-4H3,(H,14,19)(H,17,18). The second-order valence-electron chi connectivity index (χ2n) is 5.84. The molecule has 0 aromatic carbocycles. The minimum absolute atomic E-state index is 0.193. The summed E-state index contributed by atoms with van der Waals surface area (Å²) in [5.74, 6) is -0.828. The highest BCUT2D eigenvalue weighted by Crippen LogP contribution is 2.38. The monoisotopic (exact) mass is 271 g/mol. The fraction of sp³-hybridized carbons (Fsp3) is 0.846. The van der Waals surface area contributed by atoms with Gasteiger partial charge < -0.3 is 20.2 Å². The number of hydrogen-bond donors (Lipinski definition) is 2. The highest BCUT2D eigenvalue weighted by molar-refractivity contribution is 5.79. The molecule has 0 heterocycles. The summed E-state index contributed by atoms with van der Waals surface area (Å²) in [6.07, 6.45) is 2.19. The SMILES string of the molecule is CN(C)CCN(C)C(=O)NC1CCCC1(C)C(=O)O. The van der Waals surface area contributed by atoms with E-state index in [9.17, 15) is 14.7 Å². The molecular formula is C13H25N3O3. The Morgan fingerprint density at radius 1 is 1.32 bits per heavy atom. The van der Waals surface area contributed by atoms with Crippen molar-refractivity contribution >= 4 is 12.0 Å². The van der Waals surface area contributed by atoms with Crippen LogP contribution in [0.25, 0.3) is 0 Å². The Kier molecular flexibility index (Phi) is 5.17. The summed E-state index contributed by atoms with van der Waals surface area (Å²) in [6, 6.07) is -0.472. The second-order valence-corrected chi connectivity index (χ2v) is 5.84. The van der Waals surface area contributed by atoms with Crippen LogP contribution >= 0.6 is 0 Å². The lowest BCUT2D eigenvalue weighted by atomic mass is 9.85. The summed E-state index contributed by atoms with van der Waals surface area (Å²) in [5, 5.41) is 12.2. The van der Waals surface area contributed by atoms with Gasteiger partial charge in [-0.25, -0.2) is 4.79 Å². The second kappa shape index (κ2) is 6.23. The molecule has 2 unspecified atom stereocenters. The first-order chi connectivity index (χ1) is 8.77. The average Bonchev–Trinajstić information content (AvgIpc) is 2.69. The lowest BCUT2D eigenvalue weighted by Crippen LogP contribution is -2.51. The molecule has 1 fully saturated rings. The molecule has 2 N–H and O–H groups in total. The number of urea groups is 1. The van der Waals surface area contributed by atoms with E-state index in [1.807, 2.05) is 19.0 Å². The first-order valence-electron chi connectivity index (χ1n) is 6.67. The van der Waals surface area contributed by atoms with Crippen LogP contribution in [0.2, 0.25) is 0 Å². The minimum atomic E-state index is -0.835. The lowest BCUT2D eigenvalue weighted by molar-refractivity contribution is -0.148. The Morgan fingerprint density at radius 2 is 1.95 bits per heavy atom. The molecule has 19 heavy (non-hydrogen) atoms. The first kappa shape index (κ1) is 15.8. The zero-order valence-corrected chi connectivity index (χ0v) is 12.3. The van der Waals surface area contributed by atoms with Crippen molar-refractivity contribution in [2.75, 3.05) is 34.2 Å². The number of carbonyl (C=O) groups is 2. The molecular weight excluding hydrogens is 246 g/mol. The number of likely N-dealkylation sites (N-methyl/N-ethyl adjacent to an activating group) is 2. The molecule has 0 saturated heterocycles. The molecule has 1 aliphatic carbocycles. The maximum Gasteiger partial charge on any atom is 0.317 e. The number of amides is 2. The third-order valence-electron chi connectivity index (χ3n) is 3.97. The van der Waals surface area contributed by atoms with Gasteiger partial charge in [0.1, 0.15) is 0 Å². The smallest absolute Gasteiger partial charge is 0.317 e. The topological polar surface area (TPSA) is 72.9 Å². The number of carboxylic acids is 1. The summed E-state index contributed by atoms with van der Waals surface area (Å²) in [5.41, 5.74) is -0.835. The van der Waals surface area contributed by atoms with Gasteiger partial charge in [-0.2, -0.15) is 0 Å². The molecule has 1 rings (SSSR count). The Hall–Kier alpha value is -1.30. The number of carboxylic acid groups (broad SMARTS) is 1. The fourth-order valence-corrected chi connectivity index (χ4v) is 2.36. The van der Waals surface area contributed by atoms with Crippen molar-refractivity contribution in [2.45, 2.75) is 32.2 Å².